The number of fused-ring (bicyclic) bond motifs is 1. The van der Waals surface area contributed by atoms with Crippen molar-refractivity contribution in [1.29, 1.82) is 0 Å². The molecule has 1 heterocycles. The molecular weight excluding hydrogens is 291 g/mol. The van der Waals surface area contributed by atoms with E-state index in [-0.39, 0.29) is 11.7 Å². The summed E-state index contributed by atoms with van der Waals surface area (Å²) in [4.78, 5) is 4.30. The Balaban J connectivity index is 2.23. The minimum Gasteiger partial charge on any atom is -0.494 e. The molecule has 108 valence electrons. The van der Waals surface area contributed by atoms with Gasteiger partial charge >= 0.3 is 0 Å². The van der Waals surface area contributed by atoms with Gasteiger partial charge in [-0.3, -0.25) is 4.57 Å². The molecule has 0 saturated carbocycles. The average Bonchev–Trinajstić information content (AvgIpc) is 2.88. The van der Waals surface area contributed by atoms with Crippen LogP contribution in [0.15, 0.2) is 42.5 Å². The fourth-order valence-electron chi connectivity index (χ4n) is 2.37. The van der Waals surface area contributed by atoms with Gasteiger partial charge < -0.3 is 4.74 Å². The summed E-state index contributed by atoms with van der Waals surface area (Å²) >= 11 is 5.97. The SMILES string of the molecule is CCOc1cccc(-n2c(CCl)nc3c(F)cccc32)c1. The second kappa shape index (κ2) is 5.74. The first kappa shape index (κ1) is 13.9. The number of hydrogen-bond donors (Lipinski definition) is 0. The zero-order valence-corrected chi connectivity index (χ0v) is 12.3. The van der Waals surface area contributed by atoms with Crippen LogP contribution in [0.5, 0.6) is 5.75 Å². The van der Waals surface area contributed by atoms with Gasteiger partial charge in [0.15, 0.2) is 5.82 Å². The zero-order valence-electron chi connectivity index (χ0n) is 11.5. The van der Waals surface area contributed by atoms with E-state index >= 15 is 0 Å². The molecule has 0 spiro atoms. The van der Waals surface area contributed by atoms with Crippen LogP contribution in [0.1, 0.15) is 12.7 Å². The first-order valence-electron chi connectivity index (χ1n) is 6.69. The third-order valence-electron chi connectivity index (χ3n) is 3.21. The summed E-state index contributed by atoms with van der Waals surface area (Å²) in [5, 5.41) is 0. The first-order chi connectivity index (χ1) is 10.2. The topological polar surface area (TPSA) is 27.1 Å². The van der Waals surface area contributed by atoms with Crippen molar-refractivity contribution < 1.29 is 9.13 Å². The van der Waals surface area contributed by atoms with E-state index in [4.69, 9.17) is 16.3 Å². The molecule has 0 bridgehead atoms. The van der Waals surface area contributed by atoms with Crippen LogP contribution in [0, 0.1) is 5.82 Å². The van der Waals surface area contributed by atoms with Crippen molar-refractivity contribution in [2.75, 3.05) is 6.61 Å². The van der Waals surface area contributed by atoms with Gasteiger partial charge in [0.2, 0.25) is 0 Å². The number of para-hydroxylation sites is 1. The van der Waals surface area contributed by atoms with E-state index in [9.17, 15) is 4.39 Å². The van der Waals surface area contributed by atoms with Crippen molar-refractivity contribution in [1.82, 2.24) is 9.55 Å². The van der Waals surface area contributed by atoms with Crippen LogP contribution in [0.3, 0.4) is 0 Å². The summed E-state index contributed by atoms with van der Waals surface area (Å²) in [6, 6.07) is 12.5. The van der Waals surface area contributed by atoms with Crippen LogP contribution in [0.4, 0.5) is 4.39 Å². The van der Waals surface area contributed by atoms with Crippen LogP contribution >= 0.6 is 11.6 Å². The van der Waals surface area contributed by atoms with E-state index in [0.29, 0.717) is 23.5 Å². The van der Waals surface area contributed by atoms with Crippen molar-refractivity contribution in [3.63, 3.8) is 0 Å². The number of nitrogens with zero attached hydrogens (tertiary/aromatic N) is 2. The Bertz CT molecular complexity index is 785. The monoisotopic (exact) mass is 304 g/mol. The molecule has 0 atom stereocenters. The Morgan fingerprint density at radius 2 is 2.05 bits per heavy atom. The lowest BCUT2D eigenvalue weighted by Crippen LogP contribution is -2.00. The molecule has 0 fully saturated rings. The summed E-state index contributed by atoms with van der Waals surface area (Å²) in [6.07, 6.45) is 0. The Morgan fingerprint density at radius 3 is 2.81 bits per heavy atom. The van der Waals surface area contributed by atoms with Crippen molar-refractivity contribution >= 4 is 22.6 Å². The maximum atomic E-state index is 13.9. The minimum absolute atomic E-state index is 0.201. The molecule has 5 heteroatoms. The molecule has 0 aliphatic heterocycles. The van der Waals surface area contributed by atoms with E-state index in [2.05, 4.69) is 4.98 Å². The summed E-state index contributed by atoms with van der Waals surface area (Å²) in [7, 11) is 0. The molecule has 0 amide bonds. The van der Waals surface area contributed by atoms with Gasteiger partial charge in [0.25, 0.3) is 0 Å². The number of hydrogen-bond acceptors (Lipinski definition) is 2. The number of halogens is 2. The second-order valence-corrected chi connectivity index (χ2v) is 4.80. The zero-order chi connectivity index (χ0) is 14.8. The van der Waals surface area contributed by atoms with E-state index in [0.717, 1.165) is 11.4 Å². The summed E-state index contributed by atoms with van der Waals surface area (Å²) in [5.74, 6) is 1.21. The van der Waals surface area contributed by atoms with Crippen molar-refractivity contribution in [2.45, 2.75) is 12.8 Å². The highest BCUT2D eigenvalue weighted by atomic mass is 35.5. The van der Waals surface area contributed by atoms with Crippen LogP contribution in [0.25, 0.3) is 16.7 Å². The molecule has 1 aromatic heterocycles. The summed E-state index contributed by atoms with van der Waals surface area (Å²) in [5.41, 5.74) is 1.87. The Hall–Kier alpha value is -2.07. The lowest BCUT2D eigenvalue weighted by atomic mass is 10.2. The van der Waals surface area contributed by atoms with Crippen molar-refractivity contribution in [3.05, 3.63) is 54.1 Å². The summed E-state index contributed by atoms with van der Waals surface area (Å²) < 4.78 is 21.3. The van der Waals surface area contributed by atoms with E-state index in [1.165, 1.54) is 6.07 Å². The predicted octanol–water partition coefficient (Wildman–Crippen LogP) is 4.30. The number of benzene rings is 2. The van der Waals surface area contributed by atoms with E-state index < -0.39 is 0 Å². The number of imidazole rings is 1. The lowest BCUT2D eigenvalue weighted by Gasteiger charge is -2.10. The molecule has 0 N–H and O–H groups in total. The highest BCUT2D eigenvalue weighted by Gasteiger charge is 2.14. The standard InChI is InChI=1S/C16H14ClFN2O/c1-2-21-12-6-3-5-11(9-12)20-14-8-4-7-13(18)16(14)19-15(20)10-17/h3-9H,2,10H2,1H3. The molecule has 0 aliphatic rings. The molecule has 3 aromatic rings. The third kappa shape index (κ3) is 2.47. The maximum Gasteiger partial charge on any atom is 0.151 e. The smallest absolute Gasteiger partial charge is 0.151 e. The van der Waals surface area contributed by atoms with Crippen LogP contribution < -0.4 is 4.74 Å². The highest BCUT2D eigenvalue weighted by molar-refractivity contribution is 6.17. The second-order valence-electron chi connectivity index (χ2n) is 4.54. The lowest BCUT2D eigenvalue weighted by molar-refractivity contribution is 0.340. The largest absolute Gasteiger partial charge is 0.494 e. The average molecular weight is 305 g/mol. The number of alkyl halides is 1. The van der Waals surface area contributed by atoms with Crippen LogP contribution in [-0.2, 0) is 5.88 Å². The molecule has 0 unspecified atom stereocenters. The van der Waals surface area contributed by atoms with Crippen molar-refractivity contribution in [2.24, 2.45) is 0 Å². The summed E-state index contributed by atoms with van der Waals surface area (Å²) in [6.45, 7) is 2.52. The Morgan fingerprint density at radius 1 is 1.24 bits per heavy atom. The molecule has 2 aromatic carbocycles. The molecular formula is C16H14ClFN2O. The fourth-order valence-corrected chi connectivity index (χ4v) is 2.55. The normalized spacial score (nSPS) is 11.0. The maximum absolute atomic E-state index is 13.9. The fraction of sp³-hybridized carbons (Fsp3) is 0.188. The number of aromatic nitrogens is 2. The predicted molar refractivity (Wildman–Crippen MR) is 81.8 cm³/mol. The molecule has 0 radical (unpaired) electrons. The molecule has 3 nitrogen and oxygen atoms in total. The Labute approximate surface area is 126 Å². The van der Waals surface area contributed by atoms with Gasteiger partial charge in [-0.15, -0.1) is 11.6 Å². The van der Waals surface area contributed by atoms with Gasteiger partial charge in [-0.1, -0.05) is 12.1 Å². The minimum atomic E-state index is -0.349. The Kier molecular flexibility index (Phi) is 3.80. The van der Waals surface area contributed by atoms with Gasteiger partial charge in [-0.2, -0.15) is 0 Å². The highest BCUT2D eigenvalue weighted by Crippen LogP contribution is 2.26. The number of ether oxygens (including phenoxy) is 1. The molecule has 0 aliphatic carbocycles. The van der Waals surface area contributed by atoms with E-state index in [1.807, 2.05) is 41.8 Å². The molecule has 21 heavy (non-hydrogen) atoms. The van der Waals surface area contributed by atoms with Gasteiger partial charge in [0.1, 0.15) is 17.1 Å². The molecule has 3 rings (SSSR count). The third-order valence-corrected chi connectivity index (χ3v) is 3.45. The van der Waals surface area contributed by atoms with E-state index in [1.54, 1.807) is 6.07 Å². The quantitative estimate of drug-likeness (QED) is 0.672. The van der Waals surface area contributed by atoms with Crippen molar-refractivity contribution in [3.8, 4) is 11.4 Å². The van der Waals surface area contributed by atoms with Gasteiger partial charge in [-0.05, 0) is 31.2 Å². The first-order valence-corrected chi connectivity index (χ1v) is 7.23. The molecule has 0 saturated heterocycles. The van der Waals surface area contributed by atoms with Crippen LogP contribution in [-0.4, -0.2) is 16.2 Å². The van der Waals surface area contributed by atoms with Crippen LogP contribution in [0.2, 0.25) is 0 Å². The number of rotatable bonds is 4. The van der Waals surface area contributed by atoms with Gasteiger partial charge in [0.05, 0.1) is 23.7 Å². The van der Waals surface area contributed by atoms with Gasteiger partial charge in [-0.25, -0.2) is 9.37 Å². The van der Waals surface area contributed by atoms with Gasteiger partial charge in [0, 0.05) is 6.07 Å².